The summed E-state index contributed by atoms with van der Waals surface area (Å²) in [5, 5.41) is 0. The van der Waals surface area contributed by atoms with E-state index in [1.807, 2.05) is 48.5 Å². The van der Waals surface area contributed by atoms with E-state index in [2.05, 4.69) is 37.5 Å². The van der Waals surface area contributed by atoms with E-state index >= 15 is 0 Å². The summed E-state index contributed by atoms with van der Waals surface area (Å²) in [7, 11) is 3.26. The van der Waals surface area contributed by atoms with Crippen LogP contribution >= 0.6 is 0 Å². The lowest BCUT2D eigenvalue weighted by atomic mass is 9.88. The van der Waals surface area contributed by atoms with Crippen LogP contribution in [0.2, 0.25) is 0 Å². The number of ether oxygens (including phenoxy) is 2. The number of ketones is 2. The van der Waals surface area contributed by atoms with E-state index in [-0.39, 0.29) is 23.4 Å². The second-order valence-electron chi connectivity index (χ2n) is 9.84. The van der Waals surface area contributed by atoms with Gasteiger partial charge in [-0.15, -0.1) is 0 Å². The van der Waals surface area contributed by atoms with E-state index in [1.165, 1.54) is 0 Å². The van der Waals surface area contributed by atoms with Crippen molar-refractivity contribution < 1.29 is 19.1 Å². The van der Waals surface area contributed by atoms with Crippen LogP contribution in [-0.4, -0.2) is 74.9 Å². The number of rotatable bonds is 19. The lowest BCUT2D eigenvalue weighted by Gasteiger charge is -2.26. The molecule has 0 bridgehead atoms. The molecule has 0 spiro atoms. The van der Waals surface area contributed by atoms with Gasteiger partial charge in [0.05, 0.1) is 14.2 Å². The van der Waals surface area contributed by atoms with Gasteiger partial charge in [-0.1, -0.05) is 40.5 Å². The fourth-order valence-electron chi connectivity index (χ4n) is 4.96. The summed E-state index contributed by atoms with van der Waals surface area (Å²) >= 11 is 0. The number of hydrogen-bond donors (Lipinski definition) is 0. The molecule has 2 rings (SSSR count). The van der Waals surface area contributed by atoms with Crippen LogP contribution in [0, 0.1) is 11.8 Å². The Bertz CT molecular complexity index is 871. The van der Waals surface area contributed by atoms with E-state index in [4.69, 9.17) is 9.47 Å². The van der Waals surface area contributed by atoms with E-state index in [1.54, 1.807) is 14.2 Å². The fraction of sp³-hybridized carbons (Fsp3) is 0.562. The van der Waals surface area contributed by atoms with Crippen molar-refractivity contribution in [2.75, 3.05) is 53.5 Å². The van der Waals surface area contributed by atoms with Crippen LogP contribution in [-0.2, 0) is 0 Å². The number of benzene rings is 2. The molecule has 0 radical (unpaired) electrons. The van der Waals surface area contributed by atoms with Gasteiger partial charge in [0.25, 0.3) is 0 Å². The maximum atomic E-state index is 13.5. The normalized spacial score (nSPS) is 12.9. The SMILES string of the molecule is CCN(CC)C[C@H](CCCC[C@@H](CN(CC)CC)C(=O)c1ccc(OC)cc1)C(=O)c1ccc(OC)cc1. The molecule has 0 heterocycles. The quantitative estimate of drug-likeness (QED) is 0.160. The average Bonchev–Trinajstić information content (AvgIpc) is 2.97. The molecule has 2 aromatic rings. The molecule has 0 fully saturated rings. The first-order chi connectivity index (χ1) is 18.4. The minimum Gasteiger partial charge on any atom is -0.497 e. The van der Waals surface area contributed by atoms with Crippen LogP contribution in [0.25, 0.3) is 0 Å². The largest absolute Gasteiger partial charge is 0.497 e. The molecule has 2 atom stereocenters. The van der Waals surface area contributed by atoms with Crippen LogP contribution in [0.4, 0.5) is 0 Å². The maximum absolute atomic E-state index is 13.5. The highest BCUT2D eigenvalue weighted by Gasteiger charge is 2.24. The number of hydrogen-bond acceptors (Lipinski definition) is 6. The van der Waals surface area contributed by atoms with E-state index < -0.39 is 0 Å². The van der Waals surface area contributed by atoms with Crippen molar-refractivity contribution in [2.24, 2.45) is 11.8 Å². The number of methoxy groups -OCH3 is 2. The Balaban J connectivity index is 2.09. The third-order valence-electron chi connectivity index (χ3n) is 7.59. The molecular formula is C32H48N2O4. The molecule has 38 heavy (non-hydrogen) atoms. The Morgan fingerprint density at radius 2 is 0.921 bits per heavy atom. The van der Waals surface area contributed by atoms with Gasteiger partial charge in [-0.2, -0.15) is 0 Å². The monoisotopic (exact) mass is 524 g/mol. The van der Waals surface area contributed by atoms with Crippen molar-refractivity contribution in [1.29, 1.82) is 0 Å². The van der Waals surface area contributed by atoms with Crippen LogP contribution in [0.5, 0.6) is 11.5 Å². The Morgan fingerprint density at radius 3 is 1.18 bits per heavy atom. The molecule has 0 aliphatic heterocycles. The molecule has 0 aliphatic rings. The first-order valence-corrected chi connectivity index (χ1v) is 14.2. The Hall–Kier alpha value is -2.70. The van der Waals surface area contributed by atoms with Crippen molar-refractivity contribution in [2.45, 2.75) is 53.4 Å². The van der Waals surface area contributed by atoms with Gasteiger partial charge in [-0.05, 0) is 87.6 Å². The van der Waals surface area contributed by atoms with Gasteiger partial charge in [-0.3, -0.25) is 9.59 Å². The average molecular weight is 525 g/mol. The summed E-state index contributed by atoms with van der Waals surface area (Å²) in [6, 6.07) is 14.9. The van der Waals surface area contributed by atoms with Crippen molar-refractivity contribution >= 4 is 11.6 Å². The van der Waals surface area contributed by atoms with Gasteiger partial charge in [0.1, 0.15) is 11.5 Å². The molecule has 0 N–H and O–H groups in total. The second kappa shape index (κ2) is 17.0. The third kappa shape index (κ3) is 9.55. The summed E-state index contributed by atoms with van der Waals surface area (Å²) in [6.45, 7) is 13.8. The zero-order valence-corrected chi connectivity index (χ0v) is 24.4. The topological polar surface area (TPSA) is 59.1 Å². The minimum absolute atomic E-state index is 0.0678. The van der Waals surface area contributed by atoms with Gasteiger partial charge in [0, 0.05) is 36.1 Å². The first-order valence-electron chi connectivity index (χ1n) is 14.2. The standard InChI is InChI=1S/C32H48N2O4/c1-7-33(8-2)23-27(31(35)25-15-19-29(37-5)20-16-25)13-11-12-14-28(24-34(9-3)10-4)32(36)26-17-21-30(38-6)22-18-26/h15-22,27-28H,7-14,23-24H2,1-6H3/t27-,28-/m0/s1. The summed E-state index contributed by atoms with van der Waals surface area (Å²) in [6.07, 6.45) is 3.46. The van der Waals surface area contributed by atoms with Crippen molar-refractivity contribution in [1.82, 2.24) is 9.80 Å². The minimum atomic E-state index is -0.0678. The van der Waals surface area contributed by atoms with E-state index in [0.29, 0.717) is 0 Å². The Labute approximate surface area is 230 Å². The van der Waals surface area contributed by atoms with Gasteiger partial charge < -0.3 is 19.3 Å². The van der Waals surface area contributed by atoms with E-state index in [9.17, 15) is 9.59 Å². The molecular weight excluding hydrogens is 476 g/mol. The van der Waals surface area contributed by atoms with Crippen molar-refractivity contribution in [3.63, 3.8) is 0 Å². The van der Waals surface area contributed by atoms with Crippen molar-refractivity contribution in [3.8, 4) is 11.5 Å². The van der Waals surface area contributed by atoms with Gasteiger partial charge >= 0.3 is 0 Å². The highest BCUT2D eigenvalue weighted by atomic mass is 16.5. The second-order valence-corrected chi connectivity index (χ2v) is 9.84. The number of carbonyl (C=O) groups is 2. The lowest BCUT2D eigenvalue weighted by molar-refractivity contribution is 0.0852. The molecule has 0 saturated carbocycles. The highest BCUT2D eigenvalue weighted by molar-refractivity contribution is 5.98. The zero-order valence-electron chi connectivity index (χ0n) is 24.4. The van der Waals surface area contributed by atoms with Crippen LogP contribution in [0.1, 0.15) is 74.1 Å². The van der Waals surface area contributed by atoms with Gasteiger partial charge in [0.2, 0.25) is 0 Å². The molecule has 6 nitrogen and oxygen atoms in total. The molecule has 0 aromatic heterocycles. The maximum Gasteiger partial charge on any atom is 0.167 e. The number of nitrogens with zero attached hydrogens (tertiary/aromatic N) is 2. The van der Waals surface area contributed by atoms with Crippen LogP contribution < -0.4 is 9.47 Å². The molecule has 0 unspecified atom stereocenters. The molecule has 2 aromatic carbocycles. The summed E-state index contributed by atoms with van der Waals surface area (Å²) < 4.78 is 10.5. The van der Waals surface area contributed by atoms with Gasteiger partial charge in [-0.25, -0.2) is 0 Å². The Kier molecular flexibility index (Phi) is 14.1. The van der Waals surface area contributed by atoms with Gasteiger partial charge in [0.15, 0.2) is 11.6 Å². The first kappa shape index (κ1) is 31.5. The number of unbranched alkanes of at least 4 members (excludes halogenated alkanes) is 1. The van der Waals surface area contributed by atoms with E-state index in [0.717, 1.165) is 87.6 Å². The van der Waals surface area contributed by atoms with Crippen LogP contribution in [0.15, 0.2) is 48.5 Å². The molecule has 0 aliphatic carbocycles. The number of carbonyl (C=O) groups excluding carboxylic acids is 2. The predicted octanol–water partition coefficient (Wildman–Crippen LogP) is 6.25. The lowest BCUT2D eigenvalue weighted by Crippen LogP contribution is -2.34. The summed E-state index contributed by atoms with van der Waals surface area (Å²) in [4.78, 5) is 31.6. The van der Waals surface area contributed by atoms with Crippen molar-refractivity contribution in [3.05, 3.63) is 59.7 Å². The zero-order chi connectivity index (χ0) is 27.9. The molecule has 0 saturated heterocycles. The summed E-state index contributed by atoms with van der Waals surface area (Å²) in [5.74, 6) is 1.75. The molecule has 210 valence electrons. The Morgan fingerprint density at radius 1 is 0.605 bits per heavy atom. The highest BCUT2D eigenvalue weighted by Crippen LogP contribution is 2.23. The third-order valence-corrected chi connectivity index (χ3v) is 7.59. The molecule has 0 amide bonds. The fourth-order valence-corrected chi connectivity index (χ4v) is 4.96. The smallest absolute Gasteiger partial charge is 0.167 e. The number of Topliss-reactive ketones (excluding diaryl/α,β-unsaturated/α-hetero) is 2. The predicted molar refractivity (Wildman–Crippen MR) is 156 cm³/mol. The molecule has 6 heteroatoms. The summed E-state index contributed by atoms with van der Waals surface area (Å²) in [5.41, 5.74) is 1.47. The van der Waals surface area contributed by atoms with Crippen LogP contribution in [0.3, 0.4) is 0 Å².